The first-order valence-electron chi connectivity index (χ1n) is 4.05. The lowest BCUT2D eigenvalue weighted by Gasteiger charge is -1.93. The molecule has 14 heavy (non-hydrogen) atoms. The van der Waals surface area contributed by atoms with Crippen molar-refractivity contribution in [2.45, 2.75) is 6.92 Å². The fraction of sp³-hybridized carbons (Fsp3) is 0.111. The fourth-order valence-electron chi connectivity index (χ4n) is 1.23. The molecule has 2 aromatic rings. The molecule has 0 atom stereocenters. The van der Waals surface area contributed by atoms with E-state index < -0.39 is 0 Å². The van der Waals surface area contributed by atoms with Crippen LogP contribution in [0.2, 0.25) is 0 Å². The number of carbonyl (C=O) groups excluding carboxylic acids is 1. The lowest BCUT2D eigenvalue weighted by molar-refractivity contribution is 0.103. The standard InChI is InChI=1S/C9H8N2O2S/c1-5-7(11-9(13)10-5)8(12)6-3-2-4-14-6/h2-4H,1H3,(H2,10,11,13). The second-order valence-electron chi connectivity index (χ2n) is 2.89. The molecule has 0 bridgehead atoms. The molecule has 0 saturated heterocycles. The van der Waals surface area contributed by atoms with Crippen LogP contribution >= 0.6 is 11.3 Å². The topological polar surface area (TPSA) is 65.7 Å². The highest BCUT2D eigenvalue weighted by Crippen LogP contribution is 2.14. The van der Waals surface area contributed by atoms with Gasteiger partial charge in [-0.15, -0.1) is 11.3 Å². The second-order valence-corrected chi connectivity index (χ2v) is 3.83. The maximum atomic E-state index is 11.8. The third kappa shape index (κ3) is 1.42. The number of aromatic amines is 2. The molecule has 0 aliphatic rings. The Labute approximate surface area is 83.6 Å². The second kappa shape index (κ2) is 3.26. The Hall–Kier alpha value is -1.62. The van der Waals surface area contributed by atoms with E-state index in [0.717, 1.165) is 0 Å². The van der Waals surface area contributed by atoms with Crippen molar-refractivity contribution in [1.82, 2.24) is 9.97 Å². The molecule has 2 heterocycles. The van der Waals surface area contributed by atoms with Gasteiger partial charge in [0.25, 0.3) is 0 Å². The minimum absolute atomic E-state index is 0.143. The first-order chi connectivity index (χ1) is 6.68. The van der Waals surface area contributed by atoms with E-state index in [1.54, 1.807) is 19.1 Å². The van der Waals surface area contributed by atoms with Crippen LogP contribution in [0.3, 0.4) is 0 Å². The normalized spacial score (nSPS) is 10.4. The van der Waals surface area contributed by atoms with Crippen LogP contribution in [0.1, 0.15) is 21.1 Å². The van der Waals surface area contributed by atoms with Gasteiger partial charge in [-0.05, 0) is 18.4 Å². The van der Waals surface area contributed by atoms with Crippen molar-refractivity contribution < 1.29 is 4.79 Å². The molecule has 0 saturated carbocycles. The molecule has 0 aliphatic heterocycles. The van der Waals surface area contributed by atoms with Crippen LogP contribution in [-0.2, 0) is 0 Å². The Bertz CT molecular complexity index is 507. The number of aryl methyl sites for hydroxylation is 1. The molecule has 0 fully saturated rings. The molecular formula is C9H8N2O2S. The predicted molar refractivity (Wildman–Crippen MR) is 53.9 cm³/mol. The molecule has 72 valence electrons. The van der Waals surface area contributed by atoms with Gasteiger partial charge in [0.05, 0.1) is 4.88 Å². The molecule has 0 unspecified atom stereocenters. The molecule has 0 radical (unpaired) electrons. The zero-order valence-corrected chi connectivity index (χ0v) is 8.27. The highest BCUT2D eigenvalue weighted by molar-refractivity contribution is 7.12. The van der Waals surface area contributed by atoms with Crippen molar-refractivity contribution in [2.24, 2.45) is 0 Å². The fourth-order valence-corrected chi connectivity index (χ4v) is 1.90. The number of hydrogen-bond acceptors (Lipinski definition) is 3. The van der Waals surface area contributed by atoms with Gasteiger partial charge in [-0.3, -0.25) is 4.79 Å². The van der Waals surface area contributed by atoms with Gasteiger partial charge in [0.1, 0.15) is 5.69 Å². The van der Waals surface area contributed by atoms with Crippen molar-refractivity contribution in [3.8, 4) is 0 Å². The minimum atomic E-state index is -0.345. The summed E-state index contributed by atoms with van der Waals surface area (Å²) in [4.78, 5) is 28.3. The largest absolute Gasteiger partial charge is 0.323 e. The average molecular weight is 208 g/mol. The summed E-state index contributed by atoms with van der Waals surface area (Å²) in [6.07, 6.45) is 0. The SMILES string of the molecule is Cc1[nH]c(=O)[nH]c1C(=O)c1cccs1. The van der Waals surface area contributed by atoms with E-state index in [4.69, 9.17) is 0 Å². The van der Waals surface area contributed by atoms with Crippen molar-refractivity contribution in [3.63, 3.8) is 0 Å². The van der Waals surface area contributed by atoms with E-state index in [-0.39, 0.29) is 11.5 Å². The number of rotatable bonds is 2. The van der Waals surface area contributed by atoms with Gasteiger partial charge >= 0.3 is 5.69 Å². The quantitative estimate of drug-likeness (QED) is 0.730. The molecule has 2 N–H and O–H groups in total. The third-order valence-corrected chi connectivity index (χ3v) is 2.76. The molecule has 5 heteroatoms. The lowest BCUT2D eigenvalue weighted by atomic mass is 10.2. The van der Waals surface area contributed by atoms with Gasteiger partial charge in [0.2, 0.25) is 5.78 Å². The Balaban J connectivity index is 2.46. The Morgan fingerprint density at radius 2 is 2.21 bits per heavy atom. The Morgan fingerprint density at radius 1 is 1.43 bits per heavy atom. The van der Waals surface area contributed by atoms with Crippen molar-refractivity contribution in [1.29, 1.82) is 0 Å². The Morgan fingerprint density at radius 3 is 2.71 bits per heavy atom. The summed E-state index contributed by atoms with van der Waals surface area (Å²) in [6, 6.07) is 3.54. The highest BCUT2D eigenvalue weighted by Gasteiger charge is 2.14. The molecule has 0 spiro atoms. The van der Waals surface area contributed by atoms with E-state index in [1.165, 1.54) is 11.3 Å². The van der Waals surface area contributed by atoms with E-state index in [1.807, 2.05) is 5.38 Å². The van der Waals surface area contributed by atoms with Crippen molar-refractivity contribution in [3.05, 3.63) is 44.3 Å². The molecule has 4 nitrogen and oxygen atoms in total. The number of nitrogens with one attached hydrogen (secondary N) is 2. The van der Waals surface area contributed by atoms with Crippen LogP contribution < -0.4 is 5.69 Å². The van der Waals surface area contributed by atoms with Gasteiger partial charge in [0, 0.05) is 5.69 Å². The van der Waals surface area contributed by atoms with Crippen LogP contribution in [0.5, 0.6) is 0 Å². The van der Waals surface area contributed by atoms with E-state index in [2.05, 4.69) is 9.97 Å². The zero-order valence-electron chi connectivity index (χ0n) is 7.46. The number of aromatic nitrogens is 2. The van der Waals surface area contributed by atoms with Crippen LogP contribution in [0.15, 0.2) is 22.3 Å². The van der Waals surface area contributed by atoms with Crippen LogP contribution in [0, 0.1) is 6.92 Å². The molecule has 0 aromatic carbocycles. The first kappa shape index (κ1) is 8.96. The molecule has 2 aromatic heterocycles. The van der Waals surface area contributed by atoms with Gasteiger partial charge in [-0.25, -0.2) is 4.79 Å². The number of carbonyl (C=O) groups is 1. The molecular weight excluding hydrogens is 200 g/mol. The third-order valence-electron chi connectivity index (χ3n) is 1.89. The number of imidazole rings is 1. The summed E-state index contributed by atoms with van der Waals surface area (Å²) >= 11 is 1.36. The minimum Gasteiger partial charge on any atom is -0.310 e. The van der Waals surface area contributed by atoms with E-state index in [9.17, 15) is 9.59 Å². The van der Waals surface area contributed by atoms with Gasteiger partial charge < -0.3 is 9.97 Å². The van der Waals surface area contributed by atoms with Crippen LogP contribution in [-0.4, -0.2) is 15.8 Å². The summed E-state index contributed by atoms with van der Waals surface area (Å²) in [5.41, 5.74) is 0.577. The zero-order chi connectivity index (χ0) is 10.1. The number of H-pyrrole nitrogens is 2. The molecule has 0 amide bonds. The summed E-state index contributed by atoms with van der Waals surface area (Å²) in [7, 11) is 0. The van der Waals surface area contributed by atoms with Gasteiger partial charge in [-0.2, -0.15) is 0 Å². The number of thiophene rings is 1. The lowest BCUT2D eigenvalue weighted by Crippen LogP contribution is -2.05. The van der Waals surface area contributed by atoms with Crippen LogP contribution in [0.25, 0.3) is 0 Å². The maximum absolute atomic E-state index is 11.8. The number of hydrogen-bond donors (Lipinski definition) is 2. The van der Waals surface area contributed by atoms with Gasteiger partial charge in [-0.1, -0.05) is 6.07 Å². The highest BCUT2D eigenvalue weighted by atomic mass is 32.1. The summed E-state index contributed by atoms with van der Waals surface area (Å²) in [6.45, 7) is 1.69. The maximum Gasteiger partial charge on any atom is 0.323 e. The monoisotopic (exact) mass is 208 g/mol. The summed E-state index contributed by atoms with van der Waals surface area (Å²) in [5, 5.41) is 1.83. The molecule has 2 rings (SSSR count). The smallest absolute Gasteiger partial charge is 0.310 e. The number of ketones is 1. The average Bonchev–Trinajstić information content (AvgIpc) is 2.73. The van der Waals surface area contributed by atoms with Crippen molar-refractivity contribution >= 4 is 17.1 Å². The first-order valence-corrected chi connectivity index (χ1v) is 4.93. The predicted octanol–water partition coefficient (Wildman–Crippen LogP) is 1.30. The summed E-state index contributed by atoms with van der Waals surface area (Å²) in [5.74, 6) is -0.143. The van der Waals surface area contributed by atoms with Crippen LogP contribution in [0.4, 0.5) is 0 Å². The van der Waals surface area contributed by atoms with E-state index in [0.29, 0.717) is 16.3 Å². The van der Waals surface area contributed by atoms with Crippen molar-refractivity contribution in [2.75, 3.05) is 0 Å². The molecule has 0 aliphatic carbocycles. The van der Waals surface area contributed by atoms with Gasteiger partial charge in [0.15, 0.2) is 0 Å². The Kier molecular flexibility index (Phi) is 2.09. The summed E-state index contributed by atoms with van der Waals surface area (Å²) < 4.78 is 0. The van der Waals surface area contributed by atoms with E-state index >= 15 is 0 Å².